The van der Waals surface area contributed by atoms with Crippen LogP contribution in [0, 0.1) is 0 Å². The minimum Gasteiger partial charge on any atom is -0.480 e. The first-order valence-electron chi connectivity index (χ1n) is 5.84. The molecule has 5 nitrogen and oxygen atoms in total. The maximum absolute atomic E-state index is 11.8. The minimum absolute atomic E-state index is 0.140. The average molecular weight is 261 g/mol. The van der Waals surface area contributed by atoms with Crippen LogP contribution in [-0.4, -0.2) is 57.2 Å². The average Bonchev–Trinajstić information content (AvgIpc) is 2.66. The summed E-state index contributed by atoms with van der Waals surface area (Å²) in [6, 6.07) is -0.857. The van der Waals surface area contributed by atoms with Crippen LogP contribution >= 0.6 is 11.8 Å². The summed E-state index contributed by atoms with van der Waals surface area (Å²) in [6.45, 7) is 2.23. The monoisotopic (exact) mass is 261 g/mol. The smallest absolute Gasteiger partial charge is 0.326 e. The van der Waals surface area contributed by atoms with Crippen molar-refractivity contribution in [3.63, 3.8) is 0 Å². The van der Waals surface area contributed by atoms with E-state index in [9.17, 15) is 14.7 Å². The van der Waals surface area contributed by atoms with E-state index in [0.29, 0.717) is 5.75 Å². The highest BCUT2D eigenvalue weighted by Crippen LogP contribution is 2.19. The Labute approximate surface area is 105 Å². The lowest BCUT2D eigenvalue weighted by Gasteiger charge is -2.20. The number of carbonyl (C=O) groups is 2. The molecular weight excluding hydrogens is 242 g/mol. The summed E-state index contributed by atoms with van der Waals surface area (Å²) in [5.74, 6) is -0.00382. The molecule has 1 aliphatic heterocycles. The molecule has 0 aromatic rings. The predicted molar refractivity (Wildman–Crippen MR) is 66.0 cm³/mol. The summed E-state index contributed by atoms with van der Waals surface area (Å²) in [4.78, 5) is 24.0. The zero-order valence-corrected chi connectivity index (χ0v) is 10.8. The molecule has 1 amide bonds. The van der Waals surface area contributed by atoms with Gasteiger partial charge in [0.25, 0.3) is 0 Å². The Hall–Kier alpha value is -0.750. The number of hydrogen-bond acceptors (Lipinski definition) is 4. The first kappa shape index (κ1) is 14.3. The van der Waals surface area contributed by atoms with Gasteiger partial charge in [-0.2, -0.15) is 11.8 Å². The van der Waals surface area contributed by atoms with E-state index in [1.165, 1.54) is 16.7 Å². The van der Waals surface area contributed by atoms with E-state index in [1.807, 2.05) is 0 Å². The fourth-order valence-electron chi connectivity index (χ4n) is 1.81. The number of carbonyl (C=O) groups excluding carboxylic acids is 1. The fourth-order valence-corrected chi connectivity index (χ4v) is 2.79. The number of aliphatic hydroxyl groups is 1. The van der Waals surface area contributed by atoms with Crippen LogP contribution in [0.4, 0.5) is 0 Å². The zero-order chi connectivity index (χ0) is 12.8. The van der Waals surface area contributed by atoms with Crippen LogP contribution in [0.2, 0.25) is 0 Å². The van der Waals surface area contributed by atoms with E-state index >= 15 is 0 Å². The molecule has 2 N–H and O–H groups in total. The van der Waals surface area contributed by atoms with Gasteiger partial charge in [0, 0.05) is 13.0 Å². The van der Waals surface area contributed by atoms with Crippen LogP contribution in [0.25, 0.3) is 0 Å². The van der Waals surface area contributed by atoms with Crippen molar-refractivity contribution in [2.75, 3.05) is 18.1 Å². The molecule has 98 valence electrons. The van der Waals surface area contributed by atoms with Gasteiger partial charge in [-0.15, -0.1) is 0 Å². The molecule has 1 rings (SSSR count). The minimum atomic E-state index is -1.03. The van der Waals surface area contributed by atoms with E-state index in [0.717, 1.165) is 18.6 Å². The van der Waals surface area contributed by atoms with Gasteiger partial charge in [-0.25, -0.2) is 4.79 Å². The normalized spacial score (nSPS) is 24.0. The molecule has 6 heteroatoms. The number of thioether (sulfide) groups is 1. The summed E-state index contributed by atoms with van der Waals surface area (Å²) in [7, 11) is 0. The van der Waals surface area contributed by atoms with Crippen LogP contribution < -0.4 is 0 Å². The third kappa shape index (κ3) is 4.20. The van der Waals surface area contributed by atoms with Gasteiger partial charge in [-0.1, -0.05) is 13.3 Å². The van der Waals surface area contributed by atoms with Gasteiger partial charge in [0.1, 0.15) is 6.04 Å². The molecule has 17 heavy (non-hydrogen) atoms. The molecule has 1 aliphatic rings. The Morgan fingerprint density at radius 2 is 2.18 bits per heavy atom. The van der Waals surface area contributed by atoms with Crippen LogP contribution in [0.1, 0.15) is 26.2 Å². The van der Waals surface area contributed by atoms with Crippen LogP contribution in [0.5, 0.6) is 0 Å². The SMILES string of the molecule is CCCCSCC(=O)N1CC(O)CC1C(=O)O. The second-order valence-corrected chi connectivity index (χ2v) is 5.30. The van der Waals surface area contributed by atoms with Gasteiger partial charge in [0.2, 0.25) is 5.91 Å². The Kier molecular flexibility index (Phi) is 5.77. The number of carboxylic acids is 1. The van der Waals surface area contributed by atoms with Crippen molar-refractivity contribution in [1.29, 1.82) is 0 Å². The standard InChI is InChI=1S/C11H19NO4S/c1-2-3-4-17-7-10(14)12-6-8(13)5-9(12)11(15)16/h8-9,13H,2-7H2,1H3,(H,15,16). The Balaban J connectivity index is 2.41. The largest absolute Gasteiger partial charge is 0.480 e. The molecule has 1 saturated heterocycles. The number of nitrogens with zero attached hydrogens (tertiary/aromatic N) is 1. The lowest BCUT2D eigenvalue weighted by atomic mass is 10.2. The van der Waals surface area contributed by atoms with Gasteiger partial charge < -0.3 is 15.1 Å². The highest BCUT2D eigenvalue weighted by Gasteiger charge is 2.38. The van der Waals surface area contributed by atoms with Crippen molar-refractivity contribution in [2.45, 2.75) is 38.3 Å². The third-order valence-electron chi connectivity index (χ3n) is 2.75. The second kappa shape index (κ2) is 6.86. The fraction of sp³-hybridized carbons (Fsp3) is 0.818. The van der Waals surface area contributed by atoms with E-state index in [4.69, 9.17) is 5.11 Å². The third-order valence-corrected chi connectivity index (χ3v) is 3.78. The maximum Gasteiger partial charge on any atom is 0.326 e. The van der Waals surface area contributed by atoms with E-state index in [1.54, 1.807) is 0 Å². The molecule has 0 aliphatic carbocycles. The highest BCUT2D eigenvalue weighted by atomic mass is 32.2. The summed E-state index contributed by atoms with van der Waals surface area (Å²) < 4.78 is 0. The summed E-state index contributed by atoms with van der Waals surface area (Å²) >= 11 is 1.52. The summed E-state index contributed by atoms with van der Waals surface area (Å²) in [6.07, 6.45) is 1.58. The number of aliphatic carboxylic acids is 1. The van der Waals surface area contributed by atoms with Crippen LogP contribution in [-0.2, 0) is 9.59 Å². The quantitative estimate of drug-likeness (QED) is 0.683. The van der Waals surface area contributed by atoms with Crippen LogP contribution in [0.15, 0.2) is 0 Å². The molecule has 1 heterocycles. The molecule has 2 unspecified atom stereocenters. The van der Waals surface area contributed by atoms with Crippen molar-refractivity contribution in [3.05, 3.63) is 0 Å². The zero-order valence-electron chi connectivity index (χ0n) is 9.96. The number of aliphatic hydroxyl groups excluding tert-OH is 1. The van der Waals surface area contributed by atoms with Gasteiger partial charge >= 0.3 is 5.97 Å². The number of rotatable bonds is 6. The molecule has 2 atom stereocenters. The number of amides is 1. The van der Waals surface area contributed by atoms with Crippen molar-refractivity contribution in [2.24, 2.45) is 0 Å². The van der Waals surface area contributed by atoms with Gasteiger partial charge in [0.05, 0.1) is 11.9 Å². The molecular formula is C11H19NO4S. The van der Waals surface area contributed by atoms with Crippen molar-refractivity contribution < 1.29 is 19.8 Å². The van der Waals surface area contributed by atoms with Gasteiger partial charge in [0.15, 0.2) is 0 Å². The van der Waals surface area contributed by atoms with Crippen molar-refractivity contribution >= 4 is 23.6 Å². The Morgan fingerprint density at radius 3 is 2.76 bits per heavy atom. The van der Waals surface area contributed by atoms with Crippen molar-refractivity contribution in [1.82, 2.24) is 4.90 Å². The number of likely N-dealkylation sites (tertiary alicyclic amines) is 1. The number of unbranched alkanes of at least 4 members (excludes halogenated alkanes) is 1. The van der Waals surface area contributed by atoms with E-state index in [-0.39, 0.29) is 18.9 Å². The van der Waals surface area contributed by atoms with E-state index < -0.39 is 18.1 Å². The Morgan fingerprint density at radius 1 is 1.47 bits per heavy atom. The second-order valence-electron chi connectivity index (χ2n) is 4.20. The van der Waals surface area contributed by atoms with Gasteiger partial charge in [-0.3, -0.25) is 4.79 Å². The van der Waals surface area contributed by atoms with E-state index in [2.05, 4.69) is 6.92 Å². The first-order chi connectivity index (χ1) is 8.06. The number of carboxylic acid groups (broad SMARTS) is 1. The van der Waals surface area contributed by atoms with Crippen molar-refractivity contribution in [3.8, 4) is 0 Å². The first-order valence-corrected chi connectivity index (χ1v) is 6.99. The lowest BCUT2D eigenvalue weighted by Crippen LogP contribution is -2.41. The molecule has 0 aromatic heterocycles. The topological polar surface area (TPSA) is 77.8 Å². The molecule has 0 aromatic carbocycles. The summed E-state index contributed by atoms with van der Waals surface area (Å²) in [5.41, 5.74) is 0. The molecule has 0 radical (unpaired) electrons. The summed E-state index contributed by atoms with van der Waals surface area (Å²) in [5, 5.41) is 18.4. The molecule has 0 spiro atoms. The molecule has 0 bridgehead atoms. The Bertz CT molecular complexity index is 285. The lowest BCUT2D eigenvalue weighted by molar-refractivity contribution is -0.147. The predicted octanol–water partition coefficient (Wildman–Crippen LogP) is 0.566. The molecule has 0 saturated carbocycles. The number of hydrogen-bond donors (Lipinski definition) is 2. The van der Waals surface area contributed by atoms with Crippen LogP contribution in [0.3, 0.4) is 0 Å². The van der Waals surface area contributed by atoms with Gasteiger partial charge in [-0.05, 0) is 12.2 Å². The highest BCUT2D eigenvalue weighted by molar-refractivity contribution is 7.99. The molecule has 1 fully saturated rings. The number of β-amino-alcohol motifs (C(OH)–C–C–N with tert-alkyl or cyclic N) is 1. The maximum atomic E-state index is 11.8.